The highest BCUT2D eigenvalue weighted by atomic mass is 35.5. The minimum absolute atomic E-state index is 0. The molecule has 0 spiro atoms. The van der Waals surface area contributed by atoms with Gasteiger partial charge in [-0.3, -0.25) is 0 Å². The summed E-state index contributed by atoms with van der Waals surface area (Å²) in [6.07, 6.45) is 2.07. The maximum Gasteiger partial charge on any atom is 0.115 e. The van der Waals surface area contributed by atoms with Crippen LogP contribution >= 0.6 is 24.0 Å². The lowest BCUT2D eigenvalue weighted by Gasteiger charge is -2.14. The van der Waals surface area contributed by atoms with E-state index in [1.807, 2.05) is 30.3 Å². The van der Waals surface area contributed by atoms with Gasteiger partial charge in [0.05, 0.1) is 0 Å². The molecule has 0 amide bonds. The summed E-state index contributed by atoms with van der Waals surface area (Å²) in [4.78, 5) is 0. The molecule has 114 valence electrons. The molecule has 2 nitrogen and oxygen atoms in total. The highest BCUT2D eigenvalue weighted by Gasteiger charge is 2.04. The predicted octanol–water partition coefficient (Wildman–Crippen LogP) is 4.75. The number of hydrogen-bond acceptors (Lipinski definition) is 2. The van der Waals surface area contributed by atoms with E-state index in [4.69, 9.17) is 11.6 Å². The first-order chi connectivity index (χ1) is 9.65. The van der Waals surface area contributed by atoms with Crippen LogP contribution in [0.2, 0.25) is 5.02 Å². The summed E-state index contributed by atoms with van der Waals surface area (Å²) in [6.45, 7) is 3.04. The van der Waals surface area contributed by atoms with Gasteiger partial charge in [-0.15, -0.1) is 12.4 Å². The number of aromatic hydroxyl groups is 1. The first-order valence-electron chi connectivity index (χ1n) is 6.92. The Morgan fingerprint density at radius 1 is 1.14 bits per heavy atom. The van der Waals surface area contributed by atoms with Crippen LogP contribution in [0.4, 0.5) is 0 Å². The number of halogens is 2. The molecular weight excluding hydrogens is 305 g/mol. The van der Waals surface area contributed by atoms with Crippen molar-refractivity contribution < 1.29 is 5.11 Å². The van der Waals surface area contributed by atoms with Gasteiger partial charge in [0.25, 0.3) is 0 Å². The second kappa shape index (κ2) is 8.93. The van der Waals surface area contributed by atoms with Crippen LogP contribution < -0.4 is 5.32 Å². The zero-order valence-electron chi connectivity index (χ0n) is 12.1. The summed E-state index contributed by atoms with van der Waals surface area (Å²) in [7, 11) is 0. The Hall–Kier alpha value is -1.22. The van der Waals surface area contributed by atoms with Crippen molar-refractivity contribution in [3.8, 4) is 5.75 Å². The number of phenols is 1. The molecule has 2 aromatic rings. The van der Waals surface area contributed by atoms with Gasteiger partial charge in [0.15, 0.2) is 0 Å². The van der Waals surface area contributed by atoms with Crippen molar-refractivity contribution in [1.82, 2.24) is 5.32 Å². The molecule has 0 aliphatic rings. The monoisotopic (exact) mass is 325 g/mol. The first-order valence-corrected chi connectivity index (χ1v) is 7.30. The molecule has 0 radical (unpaired) electrons. The molecule has 0 aliphatic heterocycles. The van der Waals surface area contributed by atoms with Crippen LogP contribution in [0.25, 0.3) is 0 Å². The second-order valence-corrected chi connectivity index (χ2v) is 5.44. The average Bonchev–Trinajstić information content (AvgIpc) is 2.43. The van der Waals surface area contributed by atoms with Crippen molar-refractivity contribution in [3.63, 3.8) is 0 Å². The molecule has 2 rings (SSSR count). The van der Waals surface area contributed by atoms with Gasteiger partial charge in [0.1, 0.15) is 5.75 Å². The van der Waals surface area contributed by atoms with E-state index in [1.54, 1.807) is 12.1 Å². The molecule has 21 heavy (non-hydrogen) atoms. The second-order valence-electron chi connectivity index (χ2n) is 5.00. The van der Waals surface area contributed by atoms with Gasteiger partial charge in [0, 0.05) is 11.1 Å². The lowest BCUT2D eigenvalue weighted by molar-refractivity contribution is 0.472. The summed E-state index contributed by atoms with van der Waals surface area (Å²) >= 11 is 5.96. The van der Waals surface area contributed by atoms with Crippen molar-refractivity contribution in [1.29, 1.82) is 0 Å². The molecule has 0 aromatic heterocycles. The molecule has 1 atom stereocenters. The summed E-state index contributed by atoms with van der Waals surface area (Å²) in [6, 6.07) is 15.6. The van der Waals surface area contributed by atoms with E-state index in [9.17, 15) is 5.11 Å². The van der Waals surface area contributed by atoms with Crippen LogP contribution in [-0.4, -0.2) is 11.7 Å². The fraction of sp³-hybridized carbons (Fsp3) is 0.294. The third-order valence-electron chi connectivity index (χ3n) is 3.35. The maximum absolute atomic E-state index is 9.47. The molecule has 0 unspecified atom stereocenters. The Morgan fingerprint density at radius 3 is 2.62 bits per heavy atom. The van der Waals surface area contributed by atoms with Crippen LogP contribution in [0.15, 0.2) is 48.5 Å². The van der Waals surface area contributed by atoms with Crippen LogP contribution in [0.1, 0.15) is 30.5 Å². The minimum Gasteiger partial charge on any atom is -0.508 e. The first kappa shape index (κ1) is 17.8. The van der Waals surface area contributed by atoms with Gasteiger partial charge >= 0.3 is 0 Å². The van der Waals surface area contributed by atoms with Crippen LogP contribution in [0.3, 0.4) is 0 Å². The van der Waals surface area contributed by atoms with Gasteiger partial charge < -0.3 is 10.4 Å². The zero-order chi connectivity index (χ0) is 14.4. The van der Waals surface area contributed by atoms with Crippen molar-refractivity contribution in [2.24, 2.45) is 0 Å². The Morgan fingerprint density at radius 2 is 1.90 bits per heavy atom. The number of nitrogens with one attached hydrogen (secondary N) is 1. The number of hydrogen-bond donors (Lipinski definition) is 2. The van der Waals surface area contributed by atoms with E-state index < -0.39 is 0 Å². The van der Waals surface area contributed by atoms with E-state index in [2.05, 4.69) is 18.3 Å². The molecule has 0 fully saturated rings. The lowest BCUT2D eigenvalue weighted by Crippen LogP contribution is -2.20. The summed E-state index contributed by atoms with van der Waals surface area (Å²) in [5, 5.41) is 13.7. The van der Waals surface area contributed by atoms with Gasteiger partial charge in [-0.2, -0.15) is 0 Å². The van der Waals surface area contributed by atoms with Crippen molar-refractivity contribution in [2.75, 3.05) is 6.54 Å². The van der Waals surface area contributed by atoms with E-state index in [-0.39, 0.29) is 18.4 Å². The Kier molecular flexibility index (Phi) is 7.58. The highest BCUT2D eigenvalue weighted by Crippen LogP contribution is 2.18. The normalized spacial score (nSPS) is 11.7. The highest BCUT2D eigenvalue weighted by molar-refractivity contribution is 6.30. The Balaban J connectivity index is 0.00000220. The van der Waals surface area contributed by atoms with E-state index in [0.29, 0.717) is 5.75 Å². The molecule has 0 saturated heterocycles. The van der Waals surface area contributed by atoms with Crippen LogP contribution in [-0.2, 0) is 6.42 Å². The number of aryl methyl sites for hydroxylation is 1. The molecular formula is C17H21Cl2NO. The summed E-state index contributed by atoms with van der Waals surface area (Å²) < 4.78 is 0. The molecule has 2 aromatic carbocycles. The largest absolute Gasteiger partial charge is 0.508 e. The standard InChI is InChI=1S/C17H20ClNO.ClH/c1-13(15-7-3-9-17(20)12-15)19-10-4-6-14-5-2-8-16(18)11-14;/h2-3,5,7-9,11-13,19-20H,4,6,10H2,1H3;1H/t13-;/m1./s1. The number of phenolic OH excluding ortho intramolecular Hbond substituents is 1. The third kappa shape index (κ3) is 5.96. The molecule has 4 heteroatoms. The molecule has 0 aliphatic carbocycles. The molecule has 0 heterocycles. The summed E-state index contributed by atoms with van der Waals surface area (Å²) in [5.41, 5.74) is 2.37. The Labute approximate surface area is 137 Å². The van der Waals surface area contributed by atoms with Crippen LogP contribution in [0.5, 0.6) is 5.75 Å². The number of rotatable bonds is 6. The topological polar surface area (TPSA) is 32.3 Å². The lowest BCUT2D eigenvalue weighted by atomic mass is 10.1. The zero-order valence-corrected chi connectivity index (χ0v) is 13.6. The molecule has 0 bridgehead atoms. The van der Waals surface area contributed by atoms with Gasteiger partial charge in [-0.1, -0.05) is 35.9 Å². The van der Waals surface area contributed by atoms with E-state index >= 15 is 0 Å². The van der Waals surface area contributed by atoms with Gasteiger partial charge in [0.2, 0.25) is 0 Å². The SMILES string of the molecule is C[C@@H](NCCCc1cccc(Cl)c1)c1cccc(O)c1.Cl. The van der Waals surface area contributed by atoms with Crippen molar-refractivity contribution in [3.05, 3.63) is 64.7 Å². The smallest absolute Gasteiger partial charge is 0.115 e. The maximum atomic E-state index is 9.47. The fourth-order valence-electron chi connectivity index (χ4n) is 2.22. The van der Waals surface area contributed by atoms with Gasteiger partial charge in [-0.05, 0) is 61.7 Å². The molecule has 0 saturated carbocycles. The fourth-order valence-corrected chi connectivity index (χ4v) is 2.43. The minimum atomic E-state index is 0. The number of benzene rings is 2. The van der Waals surface area contributed by atoms with Gasteiger partial charge in [-0.25, -0.2) is 0 Å². The average molecular weight is 326 g/mol. The van der Waals surface area contributed by atoms with Crippen LogP contribution in [0, 0.1) is 0 Å². The predicted molar refractivity (Wildman–Crippen MR) is 91.5 cm³/mol. The summed E-state index contributed by atoms with van der Waals surface area (Å²) in [5.74, 6) is 0.315. The van der Waals surface area contributed by atoms with E-state index in [0.717, 1.165) is 30.0 Å². The Bertz CT molecular complexity index is 560. The third-order valence-corrected chi connectivity index (χ3v) is 3.59. The van der Waals surface area contributed by atoms with E-state index in [1.165, 1.54) is 5.56 Å². The quantitative estimate of drug-likeness (QED) is 0.751. The van der Waals surface area contributed by atoms with Crippen molar-refractivity contribution in [2.45, 2.75) is 25.8 Å². The van der Waals surface area contributed by atoms with Crippen molar-refractivity contribution >= 4 is 24.0 Å². The molecule has 2 N–H and O–H groups in total.